The van der Waals surface area contributed by atoms with E-state index in [2.05, 4.69) is 32.3 Å². The Bertz CT molecular complexity index is 1020. The summed E-state index contributed by atoms with van der Waals surface area (Å²) in [4.78, 5) is 4.41. The maximum atomic E-state index is 12.9. The van der Waals surface area contributed by atoms with Crippen molar-refractivity contribution in [1.82, 2.24) is 0 Å². The fourth-order valence-electron chi connectivity index (χ4n) is 2.14. The van der Waals surface area contributed by atoms with E-state index in [0.717, 1.165) is 9.13 Å². The summed E-state index contributed by atoms with van der Waals surface area (Å²) in [6.07, 6.45) is 1.59. The third kappa shape index (κ3) is 4.89. The summed E-state index contributed by atoms with van der Waals surface area (Å²) in [7, 11) is -3.66. The van der Waals surface area contributed by atoms with Gasteiger partial charge in [-0.2, -0.15) is 0 Å². The molecule has 0 aliphatic heterocycles. The summed E-state index contributed by atoms with van der Waals surface area (Å²) in [5.41, 5.74) is 1.86. The lowest BCUT2D eigenvalue weighted by atomic mass is 10.2. The Morgan fingerprint density at radius 1 is 0.885 bits per heavy atom. The van der Waals surface area contributed by atoms with Crippen LogP contribution in [-0.4, -0.2) is 14.6 Å². The van der Waals surface area contributed by atoms with E-state index in [0.29, 0.717) is 11.4 Å². The molecule has 132 valence electrons. The van der Waals surface area contributed by atoms with Crippen molar-refractivity contribution in [2.24, 2.45) is 4.99 Å². The van der Waals surface area contributed by atoms with Gasteiger partial charge in [-0.25, -0.2) is 12.8 Å². The molecule has 26 heavy (non-hydrogen) atoms. The van der Waals surface area contributed by atoms with E-state index in [-0.39, 0.29) is 10.7 Å². The summed E-state index contributed by atoms with van der Waals surface area (Å²) in [5, 5.41) is 0. The lowest BCUT2D eigenvalue weighted by Gasteiger charge is -2.08. The van der Waals surface area contributed by atoms with E-state index >= 15 is 0 Å². The predicted molar refractivity (Wildman–Crippen MR) is 110 cm³/mol. The van der Waals surface area contributed by atoms with Gasteiger partial charge in [0.05, 0.1) is 10.6 Å². The van der Waals surface area contributed by atoms with Crippen LogP contribution in [0.5, 0.6) is 0 Å². The molecule has 0 aromatic heterocycles. The molecule has 0 saturated carbocycles. The zero-order chi connectivity index (χ0) is 18.6. The lowest BCUT2D eigenvalue weighted by molar-refractivity contribution is 0.601. The third-order valence-electron chi connectivity index (χ3n) is 3.48. The van der Waals surface area contributed by atoms with Crippen molar-refractivity contribution < 1.29 is 12.8 Å². The molecule has 3 aromatic carbocycles. The van der Waals surface area contributed by atoms with Crippen LogP contribution in [0.15, 0.2) is 82.7 Å². The van der Waals surface area contributed by atoms with Gasteiger partial charge in [-0.3, -0.25) is 9.71 Å². The van der Waals surface area contributed by atoms with Crippen molar-refractivity contribution >= 4 is 50.2 Å². The molecule has 0 unspecified atom stereocenters. The average molecular weight is 480 g/mol. The first kappa shape index (κ1) is 18.5. The number of nitrogens with zero attached hydrogens (tertiary/aromatic N) is 1. The van der Waals surface area contributed by atoms with Crippen LogP contribution in [0.3, 0.4) is 0 Å². The summed E-state index contributed by atoms with van der Waals surface area (Å²) in [6.45, 7) is 0. The first-order valence-corrected chi connectivity index (χ1v) is 10.2. The van der Waals surface area contributed by atoms with Gasteiger partial charge in [0.2, 0.25) is 0 Å². The Balaban J connectivity index is 1.73. The summed E-state index contributed by atoms with van der Waals surface area (Å²) < 4.78 is 41.3. The van der Waals surface area contributed by atoms with Gasteiger partial charge in [-0.1, -0.05) is 12.1 Å². The largest absolute Gasteiger partial charge is 0.280 e. The maximum Gasteiger partial charge on any atom is 0.261 e. The Hall–Kier alpha value is -2.26. The summed E-state index contributed by atoms with van der Waals surface area (Å²) in [5.74, 6) is -0.308. The van der Waals surface area contributed by atoms with Crippen LogP contribution in [0.25, 0.3) is 0 Å². The zero-order valence-corrected chi connectivity index (χ0v) is 16.4. The molecule has 7 heteroatoms. The second kappa shape index (κ2) is 7.96. The van der Waals surface area contributed by atoms with E-state index in [1.54, 1.807) is 42.6 Å². The molecule has 3 rings (SSSR count). The van der Waals surface area contributed by atoms with Crippen molar-refractivity contribution in [2.45, 2.75) is 4.90 Å². The van der Waals surface area contributed by atoms with E-state index in [9.17, 15) is 12.8 Å². The number of hydrogen-bond donors (Lipinski definition) is 1. The number of nitrogens with one attached hydrogen (secondary N) is 1. The molecule has 0 saturated heterocycles. The number of hydrogen-bond acceptors (Lipinski definition) is 3. The van der Waals surface area contributed by atoms with E-state index in [1.807, 2.05) is 12.1 Å². The van der Waals surface area contributed by atoms with Gasteiger partial charge in [0, 0.05) is 15.5 Å². The van der Waals surface area contributed by atoms with Gasteiger partial charge in [0.1, 0.15) is 5.82 Å². The van der Waals surface area contributed by atoms with Gasteiger partial charge in [-0.15, -0.1) is 0 Å². The Labute approximate surface area is 165 Å². The number of anilines is 1. The minimum Gasteiger partial charge on any atom is -0.280 e. The highest BCUT2D eigenvalue weighted by Crippen LogP contribution is 2.20. The summed E-state index contributed by atoms with van der Waals surface area (Å²) in [6, 6.07) is 19.2. The van der Waals surface area contributed by atoms with E-state index < -0.39 is 10.0 Å². The van der Waals surface area contributed by atoms with E-state index in [4.69, 9.17) is 0 Å². The van der Waals surface area contributed by atoms with Gasteiger partial charge in [0.25, 0.3) is 10.0 Å². The molecule has 0 fully saturated rings. The van der Waals surface area contributed by atoms with Crippen LogP contribution in [0.1, 0.15) is 5.56 Å². The average Bonchev–Trinajstić information content (AvgIpc) is 2.63. The summed E-state index contributed by atoms with van der Waals surface area (Å²) >= 11 is 2.15. The van der Waals surface area contributed by atoms with Crippen LogP contribution in [0.2, 0.25) is 0 Å². The van der Waals surface area contributed by atoms with Crippen LogP contribution in [-0.2, 0) is 10.0 Å². The number of halogens is 2. The van der Waals surface area contributed by atoms with Crippen LogP contribution in [0.4, 0.5) is 15.8 Å². The fraction of sp³-hybridized carbons (Fsp3) is 0. The van der Waals surface area contributed by atoms with Crippen molar-refractivity contribution in [3.8, 4) is 0 Å². The van der Waals surface area contributed by atoms with Crippen LogP contribution in [0, 0.1) is 9.39 Å². The molecule has 0 aliphatic rings. The van der Waals surface area contributed by atoms with Crippen LogP contribution < -0.4 is 4.72 Å². The van der Waals surface area contributed by atoms with Crippen molar-refractivity contribution in [1.29, 1.82) is 0 Å². The molecule has 4 nitrogen and oxygen atoms in total. The molecular formula is C19H14FIN2O2S. The number of benzene rings is 3. The molecule has 3 aromatic rings. The van der Waals surface area contributed by atoms with Gasteiger partial charge < -0.3 is 0 Å². The Morgan fingerprint density at radius 3 is 2.12 bits per heavy atom. The second-order valence-corrected chi connectivity index (χ2v) is 8.34. The topological polar surface area (TPSA) is 58.5 Å². The van der Waals surface area contributed by atoms with Crippen molar-refractivity contribution in [3.05, 3.63) is 87.7 Å². The highest BCUT2D eigenvalue weighted by molar-refractivity contribution is 14.1. The molecule has 0 bridgehead atoms. The highest BCUT2D eigenvalue weighted by Gasteiger charge is 2.13. The van der Waals surface area contributed by atoms with Gasteiger partial charge >= 0.3 is 0 Å². The molecular weight excluding hydrogens is 466 g/mol. The monoisotopic (exact) mass is 480 g/mol. The van der Waals surface area contributed by atoms with Crippen molar-refractivity contribution in [2.75, 3.05) is 4.72 Å². The van der Waals surface area contributed by atoms with Gasteiger partial charge in [-0.05, 0) is 88.8 Å². The highest BCUT2D eigenvalue weighted by atomic mass is 127. The SMILES string of the molecule is O=S(=O)(Nc1ccc(I)cc1)c1ccc(N=Cc2ccc(F)cc2)cc1. The first-order valence-electron chi connectivity index (χ1n) is 7.60. The molecule has 1 N–H and O–H groups in total. The Morgan fingerprint density at radius 2 is 1.50 bits per heavy atom. The normalized spacial score (nSPS) is 11.6. The molecule has 0 amide bonds. The molecule has 0 aliphatic carbocycles. The number of aliphatic imine (C=N–C) groups is 1. The number of sulfonamides is 1. The zero-order valence-electron chi connectivity index (χ0n) is 13.4. The fourth-order valence-corrected chi connectivity index (χ4v) is 3.56. The van der Waals surface area contributed by atoms with Crippen LogP contribution >= 0.6 is 22.6 Å². The molecule has 0 spiro atoms. The van der Waals surface area contributed by atoms with Crippen molar-refractivity contribution in [3.63, 3.8) is 0 Å². The third-order valence-corrected chi connectivity index (χ3v) is 5.59. The smallest absolute Gasteiger partial charge is 0.261 e. The lowest BCUT2D eigenvalue weighted by Crippen LogP contribution is -2.12. The molecule has 0 heterocycles. The quantitative estimate of drug-likeness (QED) is 0.414. The molecule has 0 atom stereocenters. The number of rotatable bonds is 5. The predicted octanol–water partition coefficient (Wildman–Crippen LogP) is 4.98. The van der Waals surface area contributed by atoms with Gasteiger partial charge in [0.15, 0.2) is 0 Å². The standard InChI is InChI=1S/C19H14FIN2O2S/c20-15-3-1-14(2-4-15)13-22-17-9-11-19(12-10-17)26(24,25)23-18-7-5-16(21)6-8-18/h1-13,23H. The Kier molecular flexibility index (Phi) is 5.67. The van der Waals surface area contributed by atoms with E-state index in [1.165, 1.54) is 24.3 Å². The molecule has 0 radical (unpaired) electrons. The minimum absolute atomic E-state index is 0.150. The first-order chi connectivity index (χ1) is 12.4. The maximum absolute atomic E-state index is 12.9. The second-order valence-electron chi connectivity index (χ2n) is 5.42. The minimum atomic E-state index is -3.66.